The molecule has 0 bridgehead atoms. The number of ether oxygens (including phenoxy) is 1. The van der Waals surface area contributed by atoms with Crippen molar-refractivity contribution in [2.24, 2.45) is 0 Å². The van der Waals surface area contributed by atoms with Gasteiger partial charge in [-0.2, -0.15) is 0 Å². The van der Waals surface area contributed by atoms with Gasteiger partial charge in [0.1, 0.15) is 0 Å². The number of hydrogen-bond acceptors (Lipinski definition) is 5. The highest BCUT2D eigenvalue weighted by molar-refractivity contribution is 7.92. The summed E-state index contributed by atoms with van der Waals surface area (Å²) >= 11 is 0. The minimum Gasteiger partial charge on any atom is -0.465 e. The van der Waals surface area contributed by atoms with Crippen molar-refractivity contribution < 1.29 is 22.7 Å². The quantitative estimate of drug-likeness (QED) is 0.678. The second-order valence-corrected chi connectivity index (χ2v) is 7.23. The van der Waals surface area contributed by atoms with Crippen LogP contribution in [0.3, 0.4) is 0 Å². The highest BCUT2D eigenvalue weighted by Gasteiger charge is 2.18. The lowest BCUT2D eigenvalue weighted by atomic mass is 10.2. The molecule has 0 fully saturated rings. The van der Waals surface area contributed by atoms with Gasteiger partial charge in [-0.3, -0.25) is 9.10 Å². The molecule has 0 spiro atoms. The van der Waals surface area contributed by atoms with Gasteiger partial charge in [-0.25, -0.2) is 13.2 Å². The first kappa shape index (κ1) is 20.0. The number of unbranched alkanes of at least 4 members (excludes halogenated alkanes) is 1. The molecule has 1 amide bonds. The number of carbonyl (C=O) groups is 2. The topological polar surface area (TPSA) is 92.8 Å². The number of benzene rings is 1. The summed E-state index contributed by atoms with van der Waals surface area (Å²) in [5.41, 5.74) is 0.760. The van der Waals surface area contributed by atoms with Crippen LogP contribution in [0.4, 0.5) is 5.69 Å². The third-order valence-corrected chi connectivity index (χ3v) is 4.57. The number of carbonyl (C=O) groups excluding carboxylic acids is 2. The summed E-state index contributed by atoms with van der Waals surface area (Å²) in [6.07, 6.45) is 3.26. The van der Waals surface area contributed by atoms with E-state index in [1.54, 1.807) is 0 Å². The molecule has 0 aliphatic heterocycles. The number of nitrogens with zero attached hydrogens (tertiary/aromatic N) is 1. The first-order chi connectivity index (χ1) is 11.3. The van der Waals surface area contributed by atoms with Crippen molar-refractivity contribution in [3.05, 3.63) is 29.8 Å². The first-order valence-electron chi connectivity index (χ1n) is 7.72. The molecule has 8 heteroatoms. The molecule has 0 aliphatic rings. The molecule has 0 heterocycles. The fourth-order valence-electron chi connectivity index (χ4n) is 2.09. The Morgan fingerprint density at radius 1 is 1.21 bits per heavy atom. The lowest BCUT2D eigenvalue weighted by molar-refractivity contribution is -0.121. The molecule has 1 rings (SSSR count). The summed E-state index contributed by atoms with van der Waals surface area (Å²) in [5, 5.41) is 2.71. The number of rotatable bonds is 9. The van der Waals surface area contributed by atoms with E-state index in [0.29, 0.717) is 17.7 Å². The van der Waals surface area contributed by atoms with Crippen LogP contribution in [0.25, 0.3) is 0 Å². The van der Waals surface area contributed by atoms with Crippen molar-refractivity contribution in [2.75, 3.05) is 30.8 Å². The van der Waals surface area contributed by atoms with Crippen molar-refractivity contribution in [1.82, 2.24) is 5.32 Å². The largest absolute Gasteiger partial charge is 0.465 e. The number of hydrogen-bond donors (Lipinski definition) is 1. The zero-order chi connectivity index (χ0) is 18.2. The Labute approximate surface area is 143 Å². The van der Waals surface area contributed by atoms with E-state index in [1.165, 1.54) is 35.7 Å². The third-order valence-electron chi connectivity index (χ3n) is 3.37. The third kappa shape index (κ3) is 6.19. The predicted octanol–water partition coefficient (Wildman–Crippen LogP) is 1.55. The Morgan fingerprint density at radius 3 is 2.33 bits per heavy atom. The average Bonchev–Trinajstić information content (AvgIpc) is 2.55. The van der Waals surface area contributed by atoms with Crippen LogP contribution in [-0.2, 0) is 19.6 Å². The van der Waals surface area contributed by atoms with E-state index in [1.807, 2.05) is 6.92 Å². The second kappa shape index (κ2) is 9.27. The van der Waals surface area contributed by atoms with E-state index in [-0.39, 0.29) is 19.0 Å². The maximum atomic E-state index is 12.0. The average molecular weight is 356 g/mol. The molecule has 0 atom stereocenters. The van der Waals surface area contributed by atoms with Crippen LogP contribution >= 0.6 is 0 Å². The van der Waals surface area contributed by atoms with Crippen LogP contribution in [-0.4, -0.2) is 46.7 Å². The van der Waals surface area contributed by atoms with Crippen LogP contribution in [0, 0.1) is 0 Å². The van der Waals surface area contributed by atoms with Gasteiger partial charge in [0.25, 0.3) is 0 Å². The molecule has 1 aromatic rings. The summed E-state index contributed by atoms with van der Waals surface area (Å²) in [6, 6.07) is 6.07. The highest BCUT2D eigenvalue weighted by atomic mass is 32.2. The molecular formula is C16H24N2O5S. The monoisotopic (exact) mass is 356 g/mol. The Bertz CT molecular complexity index is 656. The molecule has 0 aromatic heterocycles. The fraction of sp³-hybridized carbons (Fsp3) is 0.500. The minimum absolute atomic E-state index is 0.0914. The van der Waals surface area contributed by atoms with Crippen molar-refractivity contribution in [3.63, 3.8) is 0 Å². The zero-order valence-electron chi connectivity index (χ0n) is 14.2. The van der Waals surface area contributed by atoms with Crippen LogP contribution in [0.1, 0.15) is 36.5 Å². The molecule has 1 aromatic carbocycles. The van der Waals surface area contributed by atoms with Gasteiger partial charge in [-0.1, -0.05) is 13.3 Å². The van der Waals surface area contributed by atoms with E-state index in [9.17, 15) is 18.0 Å². The molecule has 0 unspecified atom stereocenters. The molecule has 7 nitrogen and oxygen atoms in total. The van der Waals surface area contributed by atoms with Crippen LogP contribution in [0.2, 0.25) is 0 Å². The van der Waals surface area contributed by atoms with E-state index < -0.39 is 16.0 Å². The van der Waals surface area contributed by atoms with Crippen molar-refractivity contribution in [3.8, 4) is 0 Å². The van der Waals surface area contributed by atoms with Crippen LogP contribution in [0.5, 0.6) is 0 Å². The number of methoxy groups -OCH3 is 1. The Morgan fingerprint density at radius 2 is 1.83 bits per heavy atom. The zero-order valence-corrected chi connectivity index (χ0v) is 15.1. The molecular weight excluding hydrogens is 332 g/mol. The maximum absolute atomic E-state index is 12.0. The Hall–Kier alpha value is -2.09. The fourth-order valence-corrected chi connectivity index (χ4v) is 3.02. The summed E-state index contributed by atoms with van der Waals surface area (Å²) < 4.78 is 29.8. The van der Waals surface area contributed by atoms with Gasteiger partial charge in [-0.05, 0) is 30.7 Å². The smallest absolute Gasteiger partial charge is 0.337 e. The van der Waals surface area contributed by atoms with Crippen LogP contribution < -0.4 is 9.62 Å². The molecule has 0 saturated carbocycles. The van der Waals surface area contributed by atoms with Crippen molar-refractivity contribution in [1.29, 1.82) is 0 Å². The van der Waals surface area contributed by atoms with Gasteiger partial charge >= 0.3 is 5.97 Å². The Kier molecular flexibility index (Phi) is 7.70. The minimum atomic E-state index is -3.51. The van der Waals surface area contributed by atoms with Crippen LogP contribution in [0.15, 0.2) is 24.3 Å². The molecule has 134 valence electrons. The van der Waals surface area contributed by atoms with Gasteiger partial charge < -0.3 is 10.1 Å². The van der Waals surface area contributed by atoms with E-state index in [2.05, 4.69) is 10.1 Å². The standard InChI is InChI=1S/C16H24N2O5S/c1-4-5-6-15(19)17-11-12-18(24(3,21)22)14-9-7-13(8-10-14)16(20)23-2/h7-10H,4-6,11-12H2,1-3H3,(H,17,19). The second-order valence-electron chi connectivity index (χ2n) is 5.33. The van der Waals surface area contributed by atoms with Gasteiger partial charge in [0.15, 0.2) is 0 Å². The van der Waals surface area contributed by atoms with Gasteiger partial charge in [0.2, 0.25) is 15.9 Å². The summed E-state index contributed by atoms with van der Waals surface area (Å²) in [5.74, 6) is -0.581. The number of anilines is 1. The van der Waals surface area contributed by atoms with E-state index >= 15 is 0 Å². The SMILES string of the molecule is CCCCC(=O)NCCN(c1ccc(C(=O)OC)cc1)S(C)(=O)=O. The number of nitrogens with one attached hydrogen (secondary N) is 1. The Balaban J connectivity index is 2.76. The predicted molar refractivity (Wildman–Crippen MR) is 92.5 cm³/mol. The van der Waals surface area contributed by atoms with Crippen molar-refractivity contribution >= 4 is 27.6 Å². The molecule has 0 saturated heterocycles. The summed E-state index contributed by atoms with van der Waals surface area (Å²) in [7, 11) is -2.23. The summed E-state index contributed by atoms with van der Waals surface area (Å²) in [6.45, 7) is 2.33. The van der Waals surface area contributed by atoms with Gasteiger partial charge in [0.05, 0.1) is 31.2 Å². The normalized spacial score (nSPS) is 11.0. The van der Waals surface area contributed by atoms with Gasteiger partial charge in [-0.15, -0.1) is 0 Å². The lowest BCUT2D eigenvalue weighted by Gasteiger charge is -2.22. The number of amides is 1. The molecule has 1 N–H and O–H groups in total. The van der Waals surface area contributed by atoms with E-state index in [4.69, 9.17) is 0 Å². The number of esters is 1. The summed E-state index contributed by atoms with van der Waals surface area (Å²) in [4.78, 5) is 23.0. The van der Waals surface area contributed by atoms with E-state index in [0.717, 1.165) is 19.1 Å². The molecule has 0 radical (unpaired) electrons. The molecule has 24 heavy (non-hydrogen) atoms. The highest BCUT2D eigenvalue weighted by Crippen LogP contribution is 2.18. The number of sulfonamides is 1. The molecule has 0 aliphatic carbocycles. The lowest BCUT2D eigenvalue weighted by Crippen LogP contribution is -2.38. The maximum Gasteiger partial charge on any atom is 0.337 e. The first-order valence-corrected chi connectivity index (χ1v) is 9.57. The van der Waals surface area contributed by atoms with Gasteiger partial charge in [0, 0.05) is 13.0 Å². The van der Waals surface area contributed by atoms with Crippen molar-refractivity contribution in [2.45, 2.75) is 26.2 Å².